The smallest absolute Gasteiger partial charge is 0.335 e. The highest BCUT2D eigenvalue weighted by Crippen LogP contribution is 2.12. The molecule has 1 unspecified atom stereocenters. The predicted octanol–water partition coefficient (Wildman–Crippen LogP) is 1.92. The van der Waals surface area contributed by atoms with Crippen LogP contribution < -0.4 is 10.1 Å². The molecule has 110 valence electrons. The maximum atomic E-state index is 10.7. The molecule has 1 heterocycles. The van der Waals surface area contributed by atoms with Crippen LogP contribution in [0.2, 0.25) is 0 Å². The molecular weight excluding hydrogens is 258 g/mol. The molecule has 2 rings (SSSR count). The van der Waals surface area contributed by atoms with Crippen molar-refractivity contribution in [2.75, 3.05) is 26.4 Å². The molecule has 0 aromatic heterocycles. The van der Waals surface area contributed by atoms with Crippen molar-refractivity contribution in [3.8, 4) is 5.75 Å². The lowest BCUT2D eigenvalue weighted by Gasteiger charge is -2.23. The van der Waals surface area contributed by atoms with E-state index in [9.17, 15) is 4.79 Å². The van der Waals surface area contributed by atoms with Crippen molar-refractivity contribution < 1.29 is 19.4 Å². The normalized spacial score (nSPS) is 18.7. The van der Waals surface area contributed by atoms with E-state index >= 15 is 0 Å². The zero-order valence-electron chi connectivity index (χ0n) is 11.5. The Labute approximate surface area is 118 Å². The van der Waals surface area contributed by atoms with Crippen LogP contribution in [0.3, 0.4) is 0 Å². The Morgan fingerprint density at radius 2 is 2.05 bits per heavy atom. The fourth-order valence-electron chi connectivity index (χ4n) is 2.20. The van der Waals surface area contributed by atoms with Gasteiger partial charge in [-0.1, -0.05) is 6.42 Å². The first kappa shape index (κ1) is 14.8. The van der Waals surface area contributed by atoms with Crippen LogP contribution in [0.1, 0.15) is 29.6 Å². The van der Waals surface area contributed by atoms with E-state index in [2.05, 4.69) is 5.32 Å². The molecule has 1 aromatic carbocycles. The Hall–Kier alpha value is -1.59. The number of piperidine rings is 1. The van der Waals surface area contributed by atoms with Crippen LogP contribution in [-0.2, 0) is 4.74 Å². The third kappa shape index (κ3) is 4.83. The number of benzene rings is 1. The van der Waals surface area contributed by atoms with Crippen LogP contribution in [-0.4, -0.2) is 43.5 Å². The van der Waals surface area contributed by atoms with Crippen molar-refractivity contribution in [2.45, 2.75) is 25.3 Å². The number of nitrogens with one attached hydrogen (secondary N) is 1. The fourth-order valence-corrected chi connectivity index (χ4v) is 2.20. The first-order valence-electron chi connectivity index (χ1n) is 7.03. The number of hydrogen-bond acceptors (Lipinski definition) is 4. The monoisotopic (exact) mass is 279 g/mol. The standard InChI is InChI=1S/C15H21NO4/c17-15(18)12-4-6-14(7-5-12)20-10-9-19-11-13-3-1-2-8-16-13/h4-7,13,16H,1-3,8-11H2,(H,17,18). The summed E-state index contributed by atoms with van der Waals surface area (Å²) in [6, 6.07) is 6.85. The molecule has 5 nitrogen and oxygen atoms in total. The molecule has 1 fully saturated rings. The minimum absolute atomic E-state index is 0.261. The summed E-state index contributed by atoms with van der Waals surface area (Å²) in [4.78, 5) is 10.7. The summed E-state index contributed by atoms with van der Waals surface area (Å²) in [7, 11) is 0. The SMILES string of the molecule is O=C(O)c1ccc(OCCOCC2CCCCN2)cc1. The van der Waals surface area contributed by atoms with Gasteiger partial charge in [0.05, 0.1) is 18.8 Å². The molecule has 0 spiro atoms. The molecule has 0 bridgehead atoms. The number of carbonyl (C=O) groups is 1. The highest BCUT2D eigenvalue weighted by molar-refractivity contribution is 5.87. The quantitative estimate of drug-likeness (QED) is 0.746. The molecule has 0 amide bonds. The van der Waals surface area contributed by atoms with Crippen molar-refractivity contribution in [3.63, 3.8) is 0 Å². The summed E-state index contributed by atoms with van der Waals surface area (Å²) in [5, 5.41) is 12.2. The van der Waals surface area contributed by atoms with Crippen molar-refractivity contribution in [2.24, 2.45) is 0 Å². The first-order chi connectivity index (χ1) is 9.75. The molecule has 0 saturated carbocycles. The second kappa shape index (κ2) is 7.87. The number of rotatable bonds is 7. The Bertz CT molecular complexity index is 412. The highest BCUT2D eigenvalue weighted by atomic mass is 16.5. The Morgan fingerprint density at radius 1 is 1.25 bits per heavy atom. The summed E-state index contributed by atoms with van der Waals surface area (Å²) < 4.78 is 11.1. The van der Waals surface area contributed by atoms with Gasteiger partial charge >= 0.3 is 5.97 Å². The van der Waals surface area contributed by atoms with Gasteiger partial charge in [0.1, 0.15) is 12.4 Å². The van der Waals surface area contributed by atoms with E-state index in [1.54, 1.807) is 12.1 Å². The second-order valence-corrected chi connectivity index (χ2v) is 4.90. The van der Waals surface area contributed by atoms with Crippen molar-refractivity contribution >= 4 is 5.97 Å². The molecule has 5 heteroatoms. The van der Waals surface area contributed by atoms with E-state index in [0.717, 1.165) is 13.2 Å². The molecule has 0 aliphatic carbocycles. The van der Waals surface area contributed by atoms with Gasteiger partial charge in [0.2, 0.25) is 0 Å². The fraction of sp³-hybridized carbons (Fsp3) is 0.533. The van der Waals surface area contributed by atoms with Gasteiger partial charge in [-0.05, 0) is 43.7 Å². The highest BCUT2D eigenvalue weighted by Gasteiger charge is 2.11. The van der Waals surface area contributed by atoms with E-state index in [1.807, 2.05) is 0 Å². The van der Waals surface area contributed by atoms with Gasteiger partial charge in [-0.2, -0.15) is 0 Å². The zero-order chi connectivity index (χ0) is 14.2. The van der Waals surface area contributed by atoms with Gasteiger partial charge in [0.15, 0.2) is 0 Å². The number of carboxylic acid groups (broad SMARTS) is 1. The minimum Gasteiger partial charge on any atom is -0.491 e. The van der Waals surface area contributed by atoms with E-state index in [0.29, 0.717) is 25.0 Å². The third-order valence-electron chi connectivity index (χ3n) is 3.33. The molecule has 1 atom stereocenters. The average Bonchev–Trinajstić information content (AvgIpc) is 2.48. The van der Waals surface area contributed by atoms with E-state index in [-0.39, 0.29) is 5.56 Å². The van der Waals surface area contributed by atoms with Crippen LogP contribution in [0.4, 0.5) is 0 Å². The molecule has 20 heavy (non-hydrogen) atoms. The summed E-state index contributed by atoms with van der Waals surface area (Å²) in [6.07, 6.45) is 3.71. The van der Waals surface area contributed by atoms with Crippen molar-refractivity contribution in [1.82, 2.24) is 5.32 Å². The van der Waals surface area contributed by atoms with Crippen LogP contribution in [0.5, 0.6) is 5.75 Å². The molecular formula is C15H21NO4. The maximum absolute atomic E-state index is 10.7. The van der Waals surface area contributed by atoms with E-state index in [4.69, 9.17) is 14.6 Å². The van der Waals surface area contributed by atoms with E-state index < -0.39 is 5.97 Å². The van der Waals surface area contributed by atoms with Crippen molar-refractivity contribution in [1.29, 1.82) is 0 Å². The summed E-state index contributed by atoms with van der Waals surface area (Å²) in [6.45, 7) is 2.82. The first-order valence-corrected chi connectivity index (χ1v) is 7.03. The molecule has 1 aromatic rings. The van der Waals surface area contributed by atoms with E-state index in [1.165, 1.54) is 31.4 Å². The predicted molar refractivity (Wildman–Crippen MR) is 75.4 cm³/mol. The minimum atomic E-state index is -0.931. The largest absolute Gasteiger partial charge is 0.491 e. The molecule has 1 aliphatic rings. The number of hydrogen-bond donors (Lipinski definition) is 2. The van der Waals surface area contributed by atoms with Gasteiger partial charge in [-0.15, -0.1) is 0 Å². The lowest BCUT2D eigenvalue weighted by molar-refractivity contribution is 0.0696. The Morgan fingerprint density at radius 3 is 2.70 bits per heavy atom. The topological polar surface area (TPSA) is 67.8 Å². The number of carboxylic acids is 1. The molecule has 2 N–H and O–H groups in total. The van der Waals surface area contributed by atoms with Gasteiger partial charge in [-0.25, -0.2) is 4.79 Å². The molecule has 1 saturated heterocycles. The second-order valence-electron chi connectivity index (χ2n) is 4.90. The Balaban J connectivity index is 1.59. The van der Waals surface area contributed by atoms with Gasteiger partial charge < -0.3 is 19.9 Å². The zero-order valence-corrected chi connectivity index (χ0v) is 11.5. The van der Waals surface area contributed by atoms with Gasteiger partial charge in [-0.3, -0.25) is 0 Å². The van der Waals surface area contributed by atoms with Gasteiger partial charge in [0, 0.05) is 6.04 Å². The van der Waals surface area contributed by atoms with Crippen LogP contribution in [0.15, 0.2) is 24.3 Å². The lowest BCUT2D eigenvalue weighted by atomic mass is 10.1. The van der Waals surface area contributed by atoms with Crippen LogP contribution in [0, 0.1) is 0 Å². The van der Waals surface area contributed by atoms with Crippen molar-refractivity contribution in [3.05, 3.63) is 29.8 Å². The average molecular weight is 279 g/mol. The maximum Gasteiger partial charge on any atom is 0.335 e. The summed E-state index contributed by atoms with van der Waals surface area (Å²) in [5.74, 6) is -0.269. The number of aromatic carboxylic acids is 1. The van der Waals surface area contributed by atoms with Crippen LogP contribution >= 0.6 is 0 Å². The summed E-state index contributed by atoms with van der Waals surface area (Å²) >= 11 is 0. The molecule has 0 radical (unpaired) electrons. The van der Waals surface area contributed by atoms with Crippen LogP contribution in [0.25, 0.3) is 0 Å². The Kier molecular flexibility index (Phi) is 5.83. The lowest BCUT2D eigenvalue weighted by Crippen LogP contribution is -2.37. The third-order valence-corrected chi connectivity index (χ3v) is 3.33. The van der Waals surface area contributed by atoms with Gasteiger partial charge in [0.25, 0.3) is 0 Å². The summed E-state index contributed by atoms with van der Waals surface area (Å²) in [5.41, 5.74) is 0.261. The number of ether oxygens (including phenoxy) is 2. The molecule has 1 aliphatic heterocycles.